The van der Waals surface area contributed by atoms with Crippen LogP contribution in [0.3, 0.4) is 0 Å². The highest BCUT2D eigenvalue weighted by atomic mass is 16.5. The fourth-order valence-electron chi connectivity index (χ4n) is 2.47. The zero-order valence-electron chi connectivity index (χ0n) is 13.8. The summed E-state index contributed by atoms with van der Waals surface area (Å²) in [7, 11) is 1.82. The summed E-state index contributed by atoms with van der Waals surface area (Å²) >= 11 is 0. The lowest BCUT2D eigenvalue weighted by molar-refractivity contribution is 0.128. The van der Waals surface area contributed by atoms with E-state index >= 15 is 0 Å². The highest BCUT2D eigenvalue weighted by Crippen LogP contribution is 2.48. The summed E-state index contributed by atoms with van der Waals surface area (Å²) in [6.07, 6.45) is 6.45. The molecule has 5 heteroatoms. The van der Waals surface area contributed by atoms with Crippen LogP contribution in [0, 0.1) is 5.41 Å². The van der Waals surface area contributed by atoms with Crippen LogP contribution in [-0.4, -0.2) is 44.3 Å². The second-order valence-corrected chi connectivity index (χ2v) is 5.87. The van der Waals surface area contributed by atoms with Crippen molar-refractivity contribution in [1.82, 2.24) is 15.6 Å². The molecule has 5 nitrogen and oxygen atoms in total. The summed E-state index contributed by atoms with van der Waals surface area (Å²) < 4.78 is 5.48. The van der Waals surface area contributed by atoms with Gasteiger partial charge in [-0.1, -0.05) is 6.07 Å². The van der Waals surface area contributed by atoms with E-state index in [-0.39, 0.29) is 0 Å². The van der Waals surface area contributed by atoms with Crippen LogP contribution in [-0.2, 0) is 11.2 Å². The van der Waals surface area contributed by atoms with Crippen molar-refractivity contribution in [3.8, 4) is 0 Å². The summed E-state index contributed by atoms with van der Waals surface area (Å²) in [6, 6.07) is 6.00. The Balaban J connectivity index is 1.65. The first kappa shape index (κ1) is 16.7. The number of rotatable bonds is 9. The number of hydrogen-bond donors (Lipinski definition) is 2. The van der Waals surface area contributed by atoms with Gasteiger partial charge in [0.05, 0.1) is 0 Å². The van der Waals surface area contributed by atoms with Gasteiger partial charge >= 0.3 is 0 Å². The van der Waals surface area contributed by atoms with Gasteiger partial charge in [-0.25, -0.2) is 0 Å². The van der Waals surface area contributed by atoms with Crippen LogP contribution in [0.15, 0.2) is 29.4 Å². The second-order valence-electron chi connectivity index (χ2n) is 5.87. The van der Waals surface area contributed by atoms with Crippen molar-refractivity contribution in [3.63, 3.8) is 0 Å². The maximum atomic E-state index is 5.48. The summed E-state index contributed by atoms with van der Waals surface area (Å²) in [6.45, 7) is 5.53. The highest BCUT2D eigenvalue weighted by Gasteiger charge is 2.41. The van der Waals surface area contributed by atoms with E-state index in [1.165, 1.54) is 12.8 Å². The molecule has 0 atom stereocenters. The Kier molecular flexibility index (Phi) is 6.65. The number of pyridine rings is 1. The Morgan fingerprint density at radius 1 is 1.36 bits per heavy atom. The van der Waals surface area contributed by atoms with Crippen LogP contribution >= 0.6 is 0 Å². The molecule has 1 saturated carbocycles. The summed E-state index contributed by atoms with van der Waals surface area (Å²) in [4.78, 5) is 8.61. The molecule has 22 heavy (non-hydrogen) atoms. The van der Waals surface area contributed by atoms with Crippen molar-refractivity contribution in [1.29, 1.82) is 0 Å². The van der Waals surface area contributed by atoms with Gasteiger partial charge in [0.25, 0.3) is 0 Å². The lowest BCUT2D eigenvalue weighted by Crippen LogP contribution is -2.41. The fraction of sp³-hybridized carbons (Fsp3) is 0.647. The monoisotopic (exact) mass is 304 g/mol. The smallest absolute Gasteiger partial charge is 0.191 e. The van der Waals surface area contributed by atoms with E-state index in [1.807, 2.05) is 38.4 Å². The van der Waals surface area contributed by atoms with Gasteiger partial charge in [-0.2, -0.15) is 0 Å². The summed E-state index contributed by atoms with van der Waals surface area (Å²) in [5.74, 6) is 0.874. The van der Waals surface area contributed by atoms with Crippen molar-refractivity contribution < 1.29 is 4.74 Å². The number of nitrogens with one attached hydrogen (secondary N) is 2. The van der Waals surface area contributed by atoms with E-state index in [1.54, 1.807) is 0 Å². The Morgan fingerprint density at radius 3 is 2.86 bits per heavy atom. The van der Waals surface area contributed by atoms with E-state index < -0.39 is 0 Å². The van der Waals surface area contributed by atoms with Crippen molar-refractivity contribution in [2.75, 3.05) is 33.4 Å². The Hall–Kier alpha value is -1.62. The minimum atomic E-state index is 0.424. The summed E-state index contributed by atoms with van der Waals surface area (Å²) in [5.41, 5.74) is 1.52. The minimum Gasteiger partial charge on any atom is -0.382 e. The normalized spacial score (nSPS) is 16.4. The van der Waals surface area contributed by atoms with Gasteiger partial charge in [0, 0.05) is 51.7 Å². The molecule has 0 bridgehead atoms. The van der Waals surface area contributed by atoms with Crippen molar-refractivity contribution in [2.24, 2.45) is 10.4 Å². The molecule has 122 valence electrons. The molecular weight excluding hydrogens is 276 g/mol. The van der Waals surface area contributed by atoms with Gasteiger partial charge < -0.3 is 15.4 Å². The molecule has 0 unspecified atom stereocenters. The van der Waals surface area contributed by atoms with Crippen LogP contribution in [0.1, 0.15) is 31.9 Å². The lowest BCUT2D eigenvalue weighted by atomic mass is 10.0. The first-order valence-electron chi connectivity index (χ1n) is 8.20. The zero-order chi connectivity index (χ0) is 15.7. The topological polar surface area (TPSA) is 58.5 Å². The molecule has 0 aromatic carbocycles. The molecule has 1 heterocycles. The molecule has 1 aromatic rings. The number of ether oxygens (including phenoxy) is 1. The molecular formula is C17H28N4O. The van der Waals surface area contributed by atoms with E-state index in [2.05, 4.69) is 20.6 Å². The fourth-order valence-corrected chi connectivity index (χ4v) is 2.47. The van der Waals surface area contributed by atoms with Gasteiger partial charge in [-0.15, -0.1) is 0 Å². The van der Waals surface area contributed by atoms with Crippen LogP contribution < -0.4 is 10.6 Å². The standard InChI is InChI=1S/C17H28N4O/c1-3-22-13-10-17(8-9-17)14-21-16(18-2)20-12-7-15-6-4-5-11-19-15/h4-6,11H,3,7-10,12-14H2,1-2H3,(H2,18,20,21). The minimum absolute atomic E-state index is 0.424. The maximum absolute atomic E-state index is 5.48. The quantitative estimate of drug-likeness (QED) is 0.416. The van der Waals surface area contributed by atoms with E-state index in [0.29, 0.717) is 5.41 Å². The molecule has 2 N–H and O–H groups in total. The number of hydrogen-bond acceptors (Lipinski definition) is 3. The molecule has 0 spiro atoms. The van der Waals surface area contributed by atoms with Crippen LogP contribution in [0.5, 0.6) is 0 Å². The molecule has 1 fully saturated rings. The first-order valence-corrected chi connectivity index (χ1v) is 8.20. The Bertz CT molecular complexity index is 457. The molecule has 0 radical (unpaired) electrons. The van der Waals surface area contributed by atoms with Crippen molar-refractivity contribution >= 4 is 5.96 Å². The van der Waals surface area contributed by atoms with Gasteiger partial charge in [0.1, 0.15) is 0 Å². The number of aromatic nitrogens is 1. The third-order valence-corrected chi connectivity index (χ3v) is 4.19. The van der Waals surface area contributed by atoms with E-state index in [4.69, 9.17) is 4.74 Å². The van der Waals surface area contributed by atoms with Crippen molar-refractivity contribution in [2.45, 2.75) is 32.6 Å². The zero-order valence-corrected chi connectivity index (χ0v) is 13.8. The average molecular weight is 304 g/mol. The van der Waals surface area contributed by atoms with E-state index in [0.717, 1.165) is 50.8 Å². The number of aliphatic imine (C=N–C) groups is 1. The molecule has 0 saturated heterocycles. The molecule has 0 aliphatic heterocycles. The van der Waals surface area contributed by atoms with Gasteiger partial charge in [0.2, 0.25) is 0 Å². The van der Waals surface area contributed by atoms with Gasteiger partial charge in [0.15, 0.2) is 5.96 Å². The molecule has 1 aliphatic rings. The van der Waals surface area contributed by atoms with Crippen LogP contribution in [0.4, 0.5) is 0 Å². The number of guanidine groups is 1. The maximum Gasteiger partial charge on any atom is 0.191 e. The number of nitrogens with zero attached hydrogens (tertiary/aromatic N) is 2. The SMILES string of the molecule is CCOCCC1(CNC(=NC)NCCc2ccccn2)CC1. The largest absolute Gasteiger partial charge is 0.382 e. The summed E-state index contributed by atoms with van der Waals surface area (Å²) in [5, 5.41) is 6.80. The third kappa shape index (κ3) is 5.64. The predicted molar refractivity (Wildman–Crippen MR) is 90.1 cm³/mol. The van der Waals surface area contributed by atoms with Crippen LogP contribution in [0.2, 0.25) is 0 Å². The lowest BCUT2D eigenvalue weighted by Gasteiger charge is -2.18. The Morgan fingerprint density at radius 2 is 2.23 bits per heavy atom. The van der Waals surface area contributed by atoms with Crippen LogP contribution in [0.25, 0.3) is 0 Å². The molecule has 2 rings (SSSR count). The second kappa shape index (κ2) is 8.73. The Labute approximate surface area is 133 Å². The van der Waals surface area contributed by atoms with Gasteiger partial charge in [-0.3, -0.25) is 9.98 Å². The predicted octanol–water partition coefficient (Wildman–Crippen LogP) is 2.00. The average Bonchev–Trinajstić information content (AvgIpc) is 3.32. The van der Waals surface area contributed by atoms with Crippen molar-refractivity contribution in [3.05, 3.63) is 30.1 Å². The molecule has 1 aliphatic carbocycles. The first-order chi connectivity index (χ1) is 10.8. The highest BCUT2D eigenvalue weighted by molar-refractivity contribution is 5.79. The van der Waals surface area contributed by atoms with Gasteiger partial charge in [-0.05, 0) is 43.7 Å². The third-order valence-electron chi connectivity index (χ3n) is 4.19. The molecule has 1 aromatic heterocycles. The molecule has 0 amide bonds. The van der Waals surface area contributed by atoms with E-state index in [9.17, 15) is 0 Å².